The van der Waals surface area contributed by atoms with Gasteiger partial charge < -0.3 is 19.5 Å². The van der Waals surface area contributed by atoms with Crippen LogP contribution in [0, 0.1) is 5.41 Å². The molecule has 1 aliphatic carbocycles. The molecule has 1 spiro atoms. The quantitative estimate of drug-likeness (QED) is 0.457. The Morgan fingerprint density at radius 1 is 0.974 bits per heavy atom. The van der Waals surface area contributed by atoms with Crippen LogP contribution < -0.4 is 0 Å². The van der Waals surface area contributed by atoms with Crippen LogP contribution in [0.15, 0.2) is 48.0 Å². The number of hydrogen-bond acceptors (Lipinski definition) is 3. The molecule has 1 aromatic heterocycles. The molecule has 1 saturated carbocycles. The number of carbonyl (C=O) groups excluding carboxylic acids is 1. The zero-order valence-electron chi connectivity index (χ0n) is 22.8. The minimum atomic E-state index is -0.920. The number of likely N-dealkylation sites (tertiary alicyclic amines) is 2. The monoisotopic (exact) mass is 523 g/mol. The number of aromatic nitrogens is 1. The summed E-state index contributed by atoms with van der Waals surface area (Å²) in [6, 6.07) is 14.0. The second kappa shape index (κ2) is 9.37. The molecule has 0 radical (unpaired) electrons. The number of carboxylic acids is 1. The van der Waals surface area contributed by atoms with Crippen LogP contribution in [-0.2, 0) is 11.3 Å². The van der Waals surface area contributed by atoms with E-state index in [0.29, 0.717) is 18.0 Å². The van der Waals surface area contributed by atoms with E-state index in [2.05, 4.69) is 46.9 Å². The molecule has 7 rings (SSSR count). The first-order valence-corrected chi connectivity index (χ1v) is 14.6. The fourth-order valence-corrected chi connectivity index (χ4v) is 7.66. The van der Waals surface area contributed by atoms with Crippen molar-refractivity contribution in [3.8, 4) is 11.3 Å². The SMILES string of the molecule is CN1CCC2(CC1)CN(C(=O)C1=Cc3ccccc3-c3c(C4CCCCC4)c4ccc(C(=O)O)cc4n3C1)C2. The van der Waals surface area contributed by atoms with Crippen molar-refractivity contribution in [3.05, 3.63) is 64.7 Å². The highest BCUT2D eigenvalue weighted by Crippen LogP contribution is 2.47. The molecule has 6 nitrogen and oxygen atoms in total. The molecule has 0 atom stereocenters. The summed E-state index contributed by atoms with van der Waals surface area (Å²) in [4.78, 5) is 30.4. The number of carboxylic acid groups (broad SMARTS) is 1. The van der Waals surface area contributed by atoms with E-state index in [1.165, 1.54) is 30.5 Å². The molecule has 1 amide bonds. The normalized spacial score (nSPS) is 21.2. The number of nitrogens with zero attached hydrogens (tertiary/aromatic N) is 3. The maximum Gasteiger partial charge on any atom is 0.335 e. The zero-order valence-corrected chi connectivity index (χ0v) is 22.8. The summed E-state index contributed by atoms with van der Waals surface area (Å²) in [6.07, 6.45) is 10.4. The van der Waals surface area contributed by atoms with Gasteiger partial charge in [-0.3, -0.25) is 4.79 Å². The van der Waals surface area contributed by atoms with E-state index in [1.54, 1.807) is 6.07 Å². The smallest absolute Gasteiger partial charge is 0.335 e. The second-order valence-corrected chi connectivity index (χ2v) is 12.4. The molecule has 0 bridgehead atoms. The van der Waals surface area contributed by atoms with Crippen LogP contribution in [0.5, 0.6) is 0 Å². The van der Waals surface area contributed by atoms with Crippen LogP contribution in [0.3, 0.4) is 0 Å². The molecule has 6 heteroatoms. The van der Waals surface area contributed by atoms with Crippen LogP contribution in [-0.4, -0.2) is 64.6 Å². The Labute approximate surface area is 229 Å². The second-order valence-electron chi connectivity index (χ2n) is 12.4. The predicted octanol–water partition coefficient (Wildman–Crippen LogP) is 6.01. The first-order chi connectivity index (χ1) is 18.9. The maximum absolute atomic E-state index is 14.0. The Morgan fingerprint density at radius 2 is 1.72 bits per heavy atom. The van der Waals surface area contributed by atoms with E-state index in [9.17, 15) is 14.7 Å². The van der Waals surface area contributed by atoms with Gasteiger partial charge in [0.2, 0.25) is 0 Å². The fraction of sp³-hybridized carbons (Fsp3) is 0.455. The van der Waals surface area contributed by atoms with Gasteiger partial charge >= 0.3 is 5.97 Å². The average molecular weight is 524 g/mol. The average Bonchev–Trinajstić information content (AvgIpc) is 3.14. The molecule has 2 aromatic carbocycles. The van der Waals surface area contributed by atoms with Crippen molar-refractivity contribution in [3.63, 3.8) is 0 Å². The number of aromatic carboxylic acids is 1. The molecule has 1 N–H and O–H groups in total. The van der Waals surface area contributed by atoms with Crippen molar-refractivity contribution >= 4 is 28.9 Å². The lowest BCUT2D eigenvalue weighted by Gasteiger charge is -2.53. The fourth-order valence-electron chi connectivity index (χ4n) is 7.66. The lowest BCUT2D eigenvalue weighted by Crippen LogP contribution is -2.61. The summed E-state index contributed by atoms with van der Waals surface area (Å²) in [5.74, 6) is -0.354. The van der Waals surface area contributed by atoms with E-state index in [0.717, 1.165) is 79.5 Å². The highest BCUT2D eigenvalue weighted by atomic mass is 16.4. The van der Waals surface area contributed by atoms with E-state index in [-0.39, 0.29) is 11.3 Å². The van der Waals surface area contributed by atoms with E-state index in [4.69, 9.17) is 0 Å². The third-order valence-electron chi connectivity index (χ3n) is 9.90. The van der Waals surface area contributed by atoms with Crippen molar-refractivity contribution in [1.82, 2.24) is 14.4 Å². The highest BCUT2D eigenvalue weighted by Gasteiger charge is 2.47. The number of rotatable bonds is 3. The van der Waals surface area contributed by atoms with Crippen LogP contribution in [0.2, 0.25) is 0 Å². The van der Waals surface area contributed by atoms with E-state index in [1.807, 2.05) is 17.0 Å². The largest absolute Gasteiger partial charge is 0.478 e. The standard InChI is InChI=1S/C33H37N3O3/c1-34-15-13-33(14-16-34)20-35(21-33)31(37)25-17-23-9-5-6-10-26(23)30-29(22-7-3-2-4-8-22)27-12-11-24(32(38)39)18-28(27)36(30)19-25/h5-6,9-12,17-18,22H,2-4,7-8,13-16,19-21H2,1H3,(H,38,39). The maximum atomic E-state index is 14.0. The summed E-state index contributed by atoms with van der Waals surface area (Å²) in [5, 5.41) is 11.0. The number of benzene rings is 2. The van der Waals surface area contributed by atoms with Crippen molar-refractivity contribution in [2.75, 3.05) is 33.2 Å². The van der Waals surface area contributed by atoms with Gasteiger partial charge in [-0.15, -0.1) is 0 Å². The van der Waals surface area contributed by atoms with Gasteiger partial charge in [0, 0.05) is 40.5 Å². The summed E-state index contributed by atoms with van der Waals surface area (Å²) < 4.78 is 2.26. The predicted molar refractivity (Wildman–Crippen MR) is 154 cm³/mol. The minimum Gasteiger partial charge on any atom is -0.478 e. The van der Waals surface area contributed by atoms with Crippen LogP contribution in [0.25, 0.3) is 28.2 Å². The number of hydrogen-bond donors (Lipinski definition) is 1. The van der Waals surface area contributed by atoms with Gasteiger partial charge in [-0.25, -0.2) is 4.79 Å². The number of fused-ring (bicyclic) bond motifs is 5. The Hall–Kier alpha value is -3.38. The Morgan fingerprint density at radius 3 is 2.46 bits per heavy atom. The van der Waals surface area contributed by atoms with Gasteiger partial charge in [0.1, 0.15) is 0 Å². The Balaban J connectivity index is 1.33. The molecule has 39 heavy (non-hydrogen) atoms. The summed E-state index contributed by atoms with van der Waals surface area (Å²) in [5.41, 5.74) is 7.01. The molecule has 4 heterocycles. The summed E-state index contributed by atoms with van der Waals surface area (Å²) in [6.45, 7) is 4.35. The van der Waals surface area contributed by atoms with Gasteiger partial charge in [0.05, 0.1) is 17.8 Å². The van der Waals surface area contributed by atoms with Gasteiger partial charge in [-0.05, 0) is 81.1 Å². The van der Waals surface area contributed by atoms with Crippen molar-refractivity contribution in [2.24, 2.45) is 5.41 Å². The van der Waals surface area contributed by atoms with Crippen LogP contribution in [0.1, 0.15) is 72.3 Å². The molecule has 0 unspecified atom stereocenters. The third-order valence-corrected chi connectivity index (χ3v) is 9.90. The molecule has 3 aliphatic heterocycles. The Kier molecular flexibility index (Phi) is 5.92. The van der Waals surface area contributed by atoms with Crippen molar-refractivity contribution in [2.45, 2.75) is 57.4 Å². The van der Waals surface area contributed by atoms with Gasteiger partial charge in [-0.1, -0.05) is 49.6 Å². The third kappa shape index (κ3) is 4.11. The van der Waals surface area contributed by atoms with Crippen molar-refractivity contribution < 1.29 is 14.7 Å². The molecule has 3 aromatic rings. The topological polar surface area (TPSA) is 65.8 Å². The molecule has 202 valence electrons. The number of carbonyl (C=O) groups is 2. The van der Waals surface area contributed by atoms with E-state index >= 15 is 0 Å². The van der Waals surface area contributed by atoms with Gasteiger partial charge in [-0.2, -0.15) is 0 Å². The lowest BCUT2D eigenvalue weighted by atomic mass is 9.72. The molecule has 2 saturated heterocycles. The van der Waals surface area contributed by atoms with Gasteiger partial charge in [0.15, 0.2) is 0 Å². The van der Waals surface area contributed by atoms with Crippen LogP contribution >= 0.6 is 0 Å². The summed E-state index contributed by atoms with van der Waals surface area (Å²) >= 11 is 0. The molecular formula is C33H37N3O3. The molecular weight excluding hydrogens is 486 g/mol. The molecule has 3 fully saturated rings. The minimum absolute atomic E-state index is 0.123. The lowest BCUT2D eigenvalue weighted by molar-refractivity contribution is -0.142. The molecule has 4 aliphatic rings. The first-order valence-electron chi connectivity index (χ1n) is 14.6. The van der Waals surface area contributed by atoms with Crippen LogP contribution in [0.4, 0.5) is 0 Å². The van der Waals surface area contributed by atoms with E-state index < -0.39 is 5.97 Å². The highest BCUT2D eigenvalue weighted by molar-refractivity contribution is 6.03. The zero-order chi connectivity index (χ0) is 26.7. The Bertz CT molecular complexity index is 1490. The first kappa shape index (κ1) is 24.6. The number of amides is 1. The number of piperidine rings is 1. The van der Waals surface area contributed by atoms with Crippen molar-refractivity contribution in [1.29, 1.82) is 0 Å². The summed E-state index contributed by atoms with van der Waals surface area (Å²) in [7, 11) is 2.18. The van der Waals surface area contributed by atoms with Gasteiger partial charge in [0.25, 0.3) is 5.91 Å².